The summed E-state index contributed by atoms with van der Waals surface area (Å²) >= 11 is 2.27. The first-order valence-electron chi connectivity index (χ1n) is 6.92. The van der Waals surface area contributed by atoms with Crippen molar-refractivity contribution in [2.24, 2.45) is 14.6 Å². The standard InChI is InChI=1S/C13H26N2O2S2/c1-5-6-7-8-11(18-14-16)9-10-12(19-15-17)13(2,3)4/h11-12H,5-10H2,1-4H3. The van der Waals surface area contributed by atoms with Gasteiger partial charge in [0, 0.05) is 43.6 Å². The topological polar surface area (TPSA) is 58.9 Å². The fraction of sp³-hybridized carbons (Fsp3) is 1.00. The Morgan fingerprint density at radius 3 is 2.05 bits per heavy atom. The molecule has 0 aliphatic carbocycles. The molecule has 2 atom stereocenters. The van der Waals surface area contributed by atoms with Crippen molar-refractivity contribution >= 4 is 23.9 Å². The Balaban J connectivity index is 4.24. The van der Waals surface area contributed by atoms with E-state index >= 15 is 0 Å². The molecule has 0 aromatic carbocycles. The molecule has 0 saturated heterocycles. The number of nitrogens with zero attached hydrogens (tertiary/aromatic N) is 2. The molecule has 0 heterocycles. The van der Waals surface area contributed by atoms with Crippen molar-refractivity contribution in [2.45, 2.75) is 76.7 Å². The number of rotatable bonds is 11. The van der Waals surface area contributed by atoms with Crippen molar-refractivity contribution in [1.29, 1.82) is 0 Å². The van der Waals surface area contributed by atoms with Crippen LogP contribution in [0.4, 0.5) is 0 Å². The maximum absolute atomic E-state index is 10.5. The van der Waals surface area contributed by atoms with E-state index in [0.29, 0.717) is 0 Å². The first-order chi connectivity index (χ1) is 8.95. The number of nitroso groups, excluding NO2 is 2. The van der Waals surface area contributed by atoms with Crippen LogP contribution in [-0.2, 0) is 0 Å². The van der Waals surface area contributed by atoms with Crippen molar-refractivity contribution in [3.63, 3.8) is 0 Å². The molecule has 4 nitrogen and oxygen atoms in total. The molecule has 0 aromatic rings. The Kier molecular flexibility index (Phi) is 10.6. The molecule has 0 radical (unpaired) electrons. The van der Waals surface area contributed by atoms with Crippen LogP contribution in [0, 0.1) is 15.2 Å². The van der Waals surface area contributed by atoms with Gasteiger partial charge in [0.1, 0.15) is 0 Å². The Bertz CT molecular complexity index is 258. The largest absolute Gasteiger partial charge is 0.137 e. The van der Waals surface area contributed by atoms with Crippen molar-refractivity contribution in [3.05, 3.63) is 9.81 Å². The van der Waals surface area contributed by atoms with E-state index in [1.165, 1.54) is 12.8 Å². The summed E-state index contributed by atoms with van der Waals surface area (Å²) in [4.78, 5) is 20.9. The molecular formula is C13H26N2O2S2. The third-order valence-corrected chi connectivity index (χ3v) is 5.35. The fourth-order valence-electron chi connectivity index (χ4n) is 1.97. The summed E-state index contributed by atoms with van der Waals surface area (Å²) in [5.74, 6) is 0. The number of hydrogen-bond donors (Lipinski definition) is 0. The van der Waals surface area contributed by atoms with E-state index in [2.05, 4.69) is 36.9 Å². The molecule has 0 aliphatic rings. The number of hydrogen-bond acceptors (Lipinski definition) is 6. The van der Waals surface area contributed by atoms with Gasteiger partial charge in [-0.15, -0.1) is 9.81 Å². The molecular weight excluding hydrogens is 280 g/mol. The average molecular weight is 306 g/mol. The van der Waals surface area contributed by atoms with Gasteiger partial charge < -0.3 is 0 Å². The van der Waals surface area contributed by atoms with Gasteiger partial charge in [-0.2, -0.15) is 0 Å². The van der Waals surface area contributed by atoms with Crippen LogP contribution in [0.1, 0.15) is 66.2 Å². The zero-order valence-electron chi connectivity index (χ0n) is 12.4. The van der Waals surface area contributed by atoms with Gasteiger partial charge in [0.15, 0.2) is 0 Å². The summed E-state index contributed by atoms with van der Waals surface area (Å²) in [7, 11) is 0. The number of unbranched alkanes of at least 4 members (excludes halogenated alkanes) is 2. The van der Waals surface area contributed by atoms with Crippen molar-refractivity contribution in [3.8, 4) is 0 Å². The lowest BCUT2D eigenvalue weighted by molar-refractivity contribution is 0.372. The molecule has 0 aliphatic heterocycles. The van der Waals surface area contributed by atoms with Gasteiger partial charge in [-0.3, -0.25) is 0 Å². The molecule has 2 unspecified atom stereocenters. The van der Waals surface area contributed by atoms with Gasteiger partial charge in [0.25, 0.3) is 0 Å². The van der Waals surface area contributed by atoms with Gasteiger partial charge in [0.05, 0.1) is 0 Å². The molecule has 0 amide bonds. The molecule has 0 N–H and O–H groups in total. The molecule has 0 spiro atoms. The highest BCUT2D eigenvalue weighted by Crippen LogP contribution is 2.36. The summed E-state index contributed by atoms with van der Waals surface area (Å²) in [5.41, 5.74) is 0.0474. The Hall–Kier alpha value is -0.100. The lowest BCUT2D eigenvalue weighted by Crippen LogP contribution is -2.23. The predicted molar refractivity (Wildman–Crippen MR) is 87.2 cm³/mol. The Morgan fingerprint density at radius 1 is 0.947 bits per heavy atom. The highest BCUT2D eigenvalue weighted by molar-refractivity contribution is 7.98. The van der Waals surface area contributed by atoms with E-state index in [4.69, 9.17) is 0 Å². The highest BCUT2D eigenvalue weighted by atomic mass is 32.2. The normalized spacial score (nSPS) is 14.9. The fourth-order valence-corrected chi connectivity index (χ4v) is 3.26. The minimum Gasteiger partial charge on any atom is -0.137 e. The highest BCUT2D eigenvalue weighted by Gasteiger charge is 2.27. The molecule has 0 rings (SSSR count). The second-order valence-corrected chi connectivity index (χ2v) is 7.87. The van der Waals surface area contributed by atoms with Crippen LogP contribution in [0.2, 0.25) is 0 Å². The monoisotopic (exact) mass is 306 g/mol. The molecule has 0 saturated carbocycles. The summed E-state index contributed by atoms with van der Waals surface area (Å²) in [5, 5.41) is 0.479. The van der Waals surface area contributed by atoms with E-state index in [-0.39, 0.29) is 15.9 Å². The van der Waals surface area contributed by atoms with Gasteiger partial charge in [-0.05, 0) is 24.7 Å². The average Bonchev–Trinajstić information content (AvgIpc) is 2.33. The van der Waals surface area contributed by atoms with Gasteiger partial charge in [0.2, 0.25) is 0 Å². The second-order valence-electron chi connectivity index (χ2n) is 5.91. The maximum Gasteiger partial charge on any atom is 0.0349 e. The molecule has 0 bridgehead atoms. The van der Waals surface area contributed by atoms with Crippen LogP contribution in [0.5, 0.6) is 0 Å². The van der Waals surface area contributed by atoms with Crippen molar-refractivity contribution in [2.75, 3.05) is 0 Å². The first kappa shape index (κ1) is 18.9. The van der Waals surface area contributed by atoms with Crippen LogP contribution < -0.4 is 0 Å². The van der Waals surface area contributed by atoms with E-state index in [0.717, 1.165) is 49.6 Å². The molecule has 19 heavy (non-hydrogen) atoms. The second kappa shape index (κ2) is 10.7. The van der Waals surface area contributed by atoms with Crippen molar-refractivity contribution in [1.82, 2.24) is 0 Å². The quantitative estimate of drug-likeness (QED) is 0.268. The van der Waals surface area contributed by atoms with Crippen molar-refractivity contribution < 1.29 is 0 Å². The van der Waals surface area contributed by atoms with E-state index < -0.39 is 0 Å². The van der Waals surface area contributed by atoms with E-state index in [9.17, 15) is 9.81 Å². The van der Waals surface area contributed by atoms with E-state index in [1.54, 1.807) is 0 Å². The SMILES string of the molecule is CCCCCC(CCC(SN=O)C(C)(C)C)SN=O. The zero-order valence-corrected chi connectivity index (χ0v) is 14.1. The minimum atomic E-state index is 0.0474. The molecule has 0 aromatic heterocycles. The summed E-state index contributed by atoms with van der Waals surface area (Å²) in [6, 6.07) is 0. The van der Waals surface area contributed by atoms with Gasteiger partial charge >= 0.3 is 0 Å². The molecule has 6 heteroatoms. The van der Waals surface area contributed by atoms with Crippen LogP contribution in [0.15, 0.2) is 9.16 Å². The maximum atomic E-state index is 10.5. The van der Waals surface area contributed by atoms with Gasteiger partial charge in [-0.1, -0.05) is 47.0 Å². The minimum absolute atomic E-state index is 0.0474. The molecule has 112 valence electrons. The third kappa shape index (κ3) is 9.44. The van der Waals surface area contributed by atoms with Gasteiger partial charge in [-0.25, -0.2) is 0 Å². The van der Waals surface area contributed by atoms with Crippen LogP contribution >= 0.6 is 23.9 Å². The van der Waals surface area contributed by atoms with E-state index in [1.807, 2.05) is 0 Å². The lowest BCUT2D eigenvalue weighted by atomic mass is 9.88. The smallest absolute Gasteiger partial charge is 0.0349 e. The summed E-state index contributed by atoms with van der Waals surface area (Å²) < 4.78 is 5.95. The summed E-state index contributed by atoms with van der Waals surface area (Å²) in [6.07, 6.45) is 6.37. The molecule has 0 fully saturated rings. The summed E-state index contributed by atoms with van der Waals surface area (Å²) in [6.45, 7) is 8.52. The van der Waals surface area contributed by atoms with Crippen LogP contribution in [0.3, 0.4) is 0 Å². The Labute approximate surface area is 125 Å². The van der Waals surface area contributed by atoms with Crippen LogP contribution in [0.25, 0.3) is 0 Å². The Morgan fingerprint density at radius 2 is 1.58 bits per heavy atom. The predicted octanol–water partition coefficient (Wildman–Crippen LogP) is 5.96. The van der Waals surface area contributed by atoms with Crippen LogP contribution in [-0.4, -0.2) is 10.5 Å². The lowest BCUT2D eigenvalue weighted by Gasteiger charge is -2.28. The zero-order chi connectivity index (χ0) is 14.7. The third-order valence-electron chi connectivity index (χ3n) is 3.21. The first-order valence-corrected chi connectivity index (χ1v) is 8.60.